The van der Waals surface area contributed by atoms with E-state index in [4.69, 9.17) is 10.3 Å². The van der Waals surface area contributed by atoms with Crippen LogP contribution in [-0.2, 0) is 19.0 Å². The average Bonchev–Trinajstić information content (AvgIpc) is 2.34. The van der Waals surface area contributed by atoms with Gasteiger partial charge in [0.15, 0.2) is 0 Å². The molecule has 1 rings (SSSR count). The molecule has 0 aliphatic carbocycles. The summed E-state index contributed by atoms with van der Waals surface area (Å²) in [4.78, 5) is 11.5. The fraction of sp³-hybridized carbons (Fsp3) is 0.533. The number of amides is 1. The van der Waals surface area contributed by atoms with E-state index in [0.29, 0.717) is 0 Å². The maximum Gasteiger partial charge on any atom is 0.407 e. The molecular formula is C15H23NO5S. The number of nitrogens with one attached hydrogen (secondary N) is 1. The zero-order valence-electron chi connectivity index (χ0n) is 14.5. The molecule has 1 N–H and O–H groups in total. The highest BCUT2D eigenvalue weighted by Crippen LogP contribution is 2.15. The first-order valence-electron chi connectivity index (χ1n) is 7.30. The van der Waals surface area contributed by atoms with Gasteiger partial charge in [-0.05, 0) is 46.8 Å². The van der Waals surface area contributed by atoms with Crippen molar-refractivity contribution in [1.82, 2.24) is 5.32 Å². The van der Waals surface area contributed by atoms with E-state index in [0.717, 1.165) is 5.56 Å². The lowest BCUT2D eigenvalue weighted by Gasteiger charge is -2.20. The van der Waals surface area contributed by atoms with Crippen LogP contribution in [0.3, 0.4) is 0 Å². The number of carbonyl (C=O) groups excluding carboxylic acids is 1. The van der Waals surface area contributed by atoms with Crippen LogP contribution >= 0.6 is 0 Å². The zero-order valence-corrected chi connectivity index (χ0v) is 14.3. The summed E-state index contributed by atoms with van der Waals surface area (Å²) < 4.78 is 42.1. The molecule has 0 radical (unpaired) electrons. The van der Waals surface area contributed by atoms with Crippen LogP contribution in [0.2, 0.25) is 0 Å². The molecule has 0 fully saturated rings. The van der Waals surface area contributed by atoms with Crippen molar-refractivity contribution >= 4 is 16.2 Å². The third-order valence-corrected chi connectivity index (χ3v) is 3.80. The van der Waals surface area contributed by atoms with E-state index >= 15 is 0 Å². The van der Waals surface area contributed by atoms with Gasteiger partial charge in [0, 0.05) is 6.54 Å². The lowest BCUT2D eigenvalue weighted by atomic mass is 10.2. The average molecular weight is 330 g/mol. The summed E-state index contributed by atoms with van der Waals surface area (Å²) in [7, 11) is -4.10. The number of rotatable bonds is 5. The monoisotopic (exact) mass is 330 g/mol. The Labute approximate surface area is 133 Å². The zero-order chi connectivity index (χ0) is 17.9. The Balaban J connectivity index is 2.70. The first-order chi connectivity index (χ1) is 10.3. The molecular weight excluding hydrogens is 306 g/mol. The second-order valence-electron chi connectivity index (χ2n) is 5.91. The molecule has 0 aliphatic heterocycles. The molecule has 0 aromatic heterocycles. The molecule has 0 bridgehead atoms. The number of benzene rings is 1. The lowest BCUT2D eigenvalue weighted by molar-refractivity contribution is 0.0505. The summed E-state index contributed by atoms with van der Waals surface area (Å²) >= 11 is 0. The van der Waals surface area contributed by atoms with E-state index < -0.39 is 27.9 Å². The van der Waals surface area contributed by atoms with Gasteiger partial charge in [0.2, 0.25) is 0 Å². The van der Waals surface area contributed by atoms with Gasteiger partial charge in [-0.3, -0.25) is 4.18 Å². The molecule has 22 heavy (non-hydrogen) atoms. The summed E-state index contributed by atoms with van der Waals surface area (Å²) in [5.41, 5.74) is 0.223. The topological polar surface area (TPSA) is 81.7 Å². The highest BCUT2D eigenvalue weighted by Gasteiger charge is 2.21. The number of alkyl carbamates (subject to hydrolysis) is 1. The smallest absolute Gasteiger partial charge is 0.407 e. The minimum absolute atomic E-state index is 0.0427. The minimum Gasteiger partial charge on any atom is -0.444 e. The van der Waals surface area contributed by atoms with Crippen LogP contribution in [-0.4, -0.2) is 32.7 Å². The lowest BCUT2D eigenvalue weighted by Crippen LogP contribution is -2.37. The van der Waals surface area contributed by atoms with E-state index in [1.54, 1.807) is 32.9 Å². The highest BCUT2D eigenvalue weighted by atomic mass is 32.2. The predicted molar refractivity (Wildman–Crippen MR) is 83.1 cm³/mol. The largest absolute Gasteiger partial charge is 0.444 e. The van der Waals surface area contributed by atoms with Crippen molar-refractivity contribution in [2.24, 2.45) is 0 Å². The Hall–Kier alpha value is -1.60. The van der Waals surface area contributed by atoms with Crippen molar-refractivity contribution in [2.45, 2.75) is 51.2 Å². The van der Waals surface area contributed by atoms with Crippen LogP contribution in [0.4, 0.5) is 4.79 Å². The van der Waals surface area contributed by atoms with Crippen molar-refractivity contribution in [2.75, 3.05) is 6.54 Å². The van der Waals surface area contributed by atoms with Crippen LogP contribution in [0.15, 0.2) is 29.2 Å². The SMILES string of the molecule is [2H][C@](C)(CNC(=O)OC(C)(C)C)OS(=O)(=O)c1ccc(C)cc1. The number of carbonyl (C=O) groups is 1. The van der Waals surface area contributed by atoms with Gasteiger partial charge in [-0.25, -0.2) is 4.79 Å². The Morgan fingerprint density at radius 2 is 1.86 bits per heavy atom. The molecule has 1 amide bonds. The maximum absolute atomic E-state index is 12.1. The quantitative estimate of drug-likeness (QED) is 0.839. The van der Waals surface area contributed by atoms with Crippen LogP contribution < -0.4 is 5.32 Å². The summed E-state index contributed by atoms with van der Waals surface area (Å²) in [6.07, 6.45) is -2.60. The Morgan fingerprint density at radius 3 is 2.36 bits per heavy atom. The van der Waals surface area contributed by atoms with Crippen molar-refractivity contribution in [3.63, 3.8) is 0 Å². The normalized spacial score (nSPS) is 15.6. The van der Waals surface area contributed by atoms with Crippen LogP contribution in [0.25, 0.3) is 0 Å². The summed E-state index contributed by atoms with van der Waals surface area (Å²) in [6.45, 7) is 7.83. The fourth-order valence-electron chi connectivity index (χ4n) is 1.48. The minimum atomic E-state index is -4.10. The summed E-state index contributed by atoms with van der Waals surface area (Å²) in [6, 6.07) is 6.08. The number of hydrogen-bond donors (Lipinski definition) is 1. The van der Waals surface area contributed by atoms with Gasteiger partial charge in [-0.2, -0.15) is 8.42 Å². The van der Waals surface area contributed by atoms with Crippen LogP contribution in [0.5, 0.6) is 0 Å². The van der Waals surface area contributed by atoms with Gasteiger partial charge >= 0.3 is 6.09 Å². The molecule has 7 heteroatoms. The van der Waals surface area contributed by atoms with Gasteiger partial charge in [0.25, 0.3) is 10.1 Å². The Morgan fingerprint density at radius 1 is 1.32 bits per heavy atom. The molecule has 0 aliphatic rings. The number of aryl methyl sites for hydroxylation is 1. The van der Waals surface area contributed by atoms with Crippen molar-refractivity contribution in [3.8, 4) is 0 Å². The molecule has 0 spiro atoms. The Bertz CT molecular complexity index is 647. The third-order valence-electron chi connectivity index (χ3n) is 2.44. The summed E-state index contributed by atoms with van der Waals surface area (Å²) in [5.74, 6) is 0. The first-order valence-corrected chi connectivity index (χ1v) is 8.21. The van der Waals surface area contributed by atoms with Gasteiger partial charge in [0.1, 0.15) is 5.60 Å². The van der Waals surface area contributed by atoms with Gasteiger partial charge in [0.05, 0.1) is 12.3 Å². The van der Waals surface area contributed by atoms with Gasteiger partial charge < -0.3 is 10.1 Å². The maximum atomic E-state index is 12.1. The van der Waals surface area contributed by atoms with E-state index in [2.05, 4.69) is 5.32 Å². The summed E-state index contributed by atoms with van der Waals surface area (Å²) in [5, 5.41) is 2.32. The van der Waals surface area contributed by atoms with Crippen molar-refractivity contribution < 1.29 is 23.5 Å². The number of hydrogen-bond acceptors (Lipinski definition) is 5. The molecule has 0 saturated carbocycles. The van der Waals surface area contributed by atoms with Crippen molar-refractivity contribution in [1.29, 1.82) is 0 Å². The van der Waals surface area contributed by atoms with E-state index in [1.165, 1.54) is 19.1 Å². The van der Waals surface area contributed by atoms with Crippen LogP contribution in [0, 0.1) is 6.92 Å². The molecule has 1 aromatic carbocycles. The fourth-order valence-corrected chi connectivity index (χ4v) is 2.48. The molecule has 0 saturated heterocycles. The van der Waals surface area contributed by atoms with E-state index in [-0.39, 0.29) is 11.4 Å². The molecule has 124 valence electrons. The molecule has 6 nitrogen and oxygen atoms in total. The highest BCUT2D eigenvalue weighted by molar-refractivity contribution is 7.86. The molecule has 1 aromatic rings. The third kappa shape index (κ3) is 6.44. The standard InChI is InChI=1S/C15H23NO5S/c1-11-6-8-13(9-7-11)22(18,19)21-12(2)10-16-14(17)20-15(3,4)5/h6-9,12H,10H2,1-5H3,(H,16,17)/t12-/m0/s1/i12D. The number of ether oxygens (including phenoxy) is 1. The molecule has 1 atom stereocenters. The van der Waals surface area contributed by atoms with E-state index in [1.807, 2.05) is 6.92 Å². The second kappa shape index (κ2) is 7.11. The van der Waals surface area contributed by atoms with Gasteiger partial charge in [-0.15, -0.1) is 0 Å². The predicted octanol–water partition coefficient (Wildman–Crippen LogP) is 2.61. The molecule has 0 unspecified atom stereocenters. The first kappa shape index (κ1) is 16.8. The van der Waals surface area contributed by atoms with Crippen LogP contribution in [0.1, 0.15) is 34.6 Å². The van der Waals surface area contributed by atoms with E-state index in [9.17, 15) is 13.2 Å². The second-order valence-corrected chi connectivity index (χ2v) is 7.45. The van der Waals surface area contributed by atoms with Crippen molar-refractivity contribution in [3.05, 3.63) is 29.8 Å². The van der Waals surface area contributed by atoms with Gasteiger partial charge in [-0.1, -0.05) is 17.7 Å². The Kier molecular flexibility index (Phi) is 5.42. The molecule has 0 heterocycles.